The van der Waals surface area contributed by atoms with Crippen molar-refractivity contribution in [3.8, 4) is 0 Å². The summed E-state index contributed by atoms with van der Waals surface area (Å²) < 4.78 is 252. The lowest BCUT2D eigenvalue weighted by molar-refractivity contribution is -0.458. The van der Waals surface area contributed by atoms with Gasteiger partial charge in [-0.25, -0.2) is 19.3 Å². The molecule has 7 nitrogen and oxygen atoms in total. The molecule has 0 bridgehead atoms. The van der Waals surface area contributed by atoms with E-state index in [9.17, 15) is 83.1 Å². The average molecular weight is 753 g/mol. The van der Waals surface area contributed by atoms with Crippen LogP contribution in [0.5, 0.6) is 0 Å². The van der Waals surface area contributed by atoms with Gasteiger partial charge in [-0.15, -0.1) is 42.3 Å². The zero-order chi connectivity index (χ0) is 32.1. The lowest BCUT2D eigenvalue weighted by Crippen LogP contribution is -2.75. The Labute approximate surface area is 244 Å². The number of hydrazine groups is 3. The van der Waals surface area contributed by atoms with Crippen molar-refractivity contribution < 1.29 is 83.1 Å². The molecule has 0 aromatic carbocycles. The summed E-state index contributed by atoms with van der Waals surface area (Å²) in [6, 6.07) is 0. The van der Waals surface area contributed by atoms with E-state index in [0.717, 1.165) is 28.1 Å². The number of nitrogens with zero attached hydrogens (tertiary/aromatic N) is 2. The Bertz CT molecular complexity index is 971. The SMILES string of the molecule is CCC(NS(=O)(=O)C(F)(F)C(F)(F)C(F)(F)C(F)(F)C(F)(F)C(F)(F)C(F)(F)C(F)(F)F)N(NC)N(C)NC.Cl.Cl.Cl. The van der Waals surface area contributed by atoms with Crippen LogP contribution in [-0.2, 0) is 10.0 Å². The summed E-state index contributed by atoms with van der Waals surface area (Å²) in [5.41, 5.74) is 4.25. The van der Waals surface area contributed by atoms with Crippen LogP contribution in [0.2, 0.25) is 0 Å². The van der Waals surface area contributed by atoms with Crippen molar-refractivity contribution in [2.24, 2.45) is 0 Å². The maximum atomic E-state index is 14.2. The minimum atomic E-state index is -8.88. The van der Waals surface area contributed by atoms with E-state index in [0.29, 0.717) is 15.0 Å². The monoisotopic (exact) mass is 751 g/mol. The number of halogens is 20. The first-order chi connectivity index (χ1) is 16.9. The van der Waals surface area contributed by atoms with Crippen LogP contribution in [0.25, 0.3) is 0 Å². The summed E-state index contributed by atoms with van der Waals surface area (Å²) in [6.07, 6.45) is -10.8. The molecule has 0 amide bonds. The average Bonchev–Trinajstić information content (AvgIpc) is 2.76. The van der Waals surface area contributed by atoms with Gasteiger partial charge in [-0.1, -0.05) is 6.92 Å². The maximum Gasteiger partial charge on any atom is 0.460 e. The van der Waals surface area contributed by atoms with Gasteiger partial charge in [0.2, 0.25) is 0 Å². The fraction of sp³-hybridized carbons (Fsp3) is 1.00. The number of hydrogen-bond donors (Lipinski definition) is 3. The van der Waals surface area contributed by atoms with E-state index in [-0.39, 0.29) is 37.2 Å². The second-order valence-electron chi connectivity index (χ2n) is 7.32. The second-order valence-corrected chi connectivity index (χ2v) is 9.08. The Morgan fingerprint density at radius 1 is 0.595 bits per heavy atom. The molecule has 0 saturated carbocycles. The molecule has 0 aromatic heterocycles. The number of rotatable bonds is 14. The van der Waals surface area contributed by atoms with Gasteiger partial charge in [-0.3, -0.25) is 0 Å². The Balaban J connectivity index is -0.00000241. The molecule has 0 aromatic rings. The summed E-state index contributed by atoms with van der Waals surface area (Å²) >= 11 is 0. The standard InChI is InChI=1S/C14H18F17N5O2S.3ClH/c1-5-6(36(33-3)35(4)32-2)34-39(37,38)14(30,31)12(25,26)10(21,22)8(17,18)7(15,16)9(19,20)11(23,24)13(27,28)29;;;/h6,32-34H,5H2,1-4H3;3*1H. The van der Waals surface area contributed by atoms with E-state index in [1.807, 2.05) is 0 Å². The second kappa shape index (κ2) is 14.2. The van der Waals surface area contributed by atoms with E-state index < -0.39 is 69.6 Å². The number of alkyl halides is 17. The summed E-state index contributed by atoms with van der Waals surface area (Å²) in [5.74, 6) is -51.8. The molecule has 0 fully saturated rings. The van der Waals surface area contributed by atoms with E-state index in [1.54, 1.807) is 0 Å². The van der Waals surface area contributed by atoms with Crippen molar-refractivity contribution in [2.75, 3.05) is 21.1 Å². The molecule has 0 aliphatic heterocycles. The first-order valence-corrected chi connectivity index (χ1v) is 10.9. The van der Waals surface area contributed by atoms with Crippen molar-refractivity contribution in [3.05, 3.63) is 0 Å². The maximum absolute atomic E-state index is 14.2. The van der Waals surface area contributed by atoms with Gasteiger partial charge in [-0.2, -0.15) is 84.5 Å². The lowest BCUT2D eigenvalue weighted by atomic mass is 9.91. The molecule has 42 heavy (non-hydrogen) atoms. The largest absolute Gasteiger partial charge is 0.460 e. The molecule has 0 heterocycles. The van der Waals surface area contributed by atoms with Gasteiger partial charge in [0, 0.05) is 21.1 Å². The van der Waals surface area contributed by atoms with Gasteiger partial charge in [-0.05, 0) is 6.42 Å². The highest BCUT2D eigenvalue weighted by molar-refractivity contribution is 7.90. The zero-order valence-corrected chi connectivity index (χ0v) is 23.8. The number of nitrogens with one attached hydrogen (secondary N) is 3. The Morgan fingerprint density at radius 2 is 0.905 bits per heavy atom. The van der Waals surface area contributed by atoms with E-state index in [1.165, 1.54) is 0 Å². The van der Waals surface area contributed by atoms with Crippen molar-refractivity contribution in [1.29, 1.82) is 0 Å². The molecule has 0 aliphatic rings. The Morgan fingerprint density at radius 3 is 1.17 bits per heavy atom. The number of sulfonamides is 1. The van der Waals surface area contributed by atoms with Crippen LogP contribution in [0.1, 0.15) is 13.3 Å². The topological polar surface area (TPSA) is 76.7 Å². The van der Waals surface area contributed by atoms with Crippen LogP contribution < -0.4 is 15.6 Å². The van der Waals surface area contributed by atoms with E-state index >= 15 is 0 Å². The molecule has 0 rings (SSSR count). The highest BCUT2D eigenvalue weighted by atomic mass is 35.5. The third kappa shape index (κ3) is 7.12. The summed E-state index contributed by atoms with van der Waals surface area (Å²) in [6.45, 7) is 0.934. The van der Waals surface area contributed by atoms with Gasteiger partial charge in [0.1, 0.15) is 6.17 Å². The van der Waals surface area contributed by atoms with Crippen molar-refractivity contribution >= 4 is 47.2 Å². The third-order valence-corrected chi connectivity index (χ3v) is 6.39. The fourth-order valence-electron chi connectivity index (χ4n) is 2.50. The Kier molecular flexibility index (Phi) is 16.4. The van der Waals surface area contributed by atoms with Gasteiger partial charge < -0.3 is 0 Å². The molecule has 0 radical (unpaired) electrons. The normalized spacial score (nSPS) is 15.6. The highest BCUT2D eigenvalue weighted by Gasteiger charge is 2.96. The number of hydrogen-bond acceptors (Lipinski definition) is 6. The van der Waals surface area contributed by atoms with Crippen molar-refractivity contribution in [3.63, 3.8) is 0 Å². The molecule has 1 atom stereocenters. The van der Waals surface area contributed by atoms with Crippen molar-refractivity contribution in [2.45, 2.75) is 66.5 Å². The molecule has 260 valence electrons. The van der Waals surface area contributed by atoms with Crippen LogP contribution in [0.4, 0.5) is 74.6 Å². The van der Waals surface area contributed by atoms with Crippen molar-refractivity contribution in [1.82, 2.24) is 25.8 Å². The lowest BCUT2D eigenvalue weighted by Gasteiger charge is -2.43. The van der Waals surface area contributed by atoms with E-state index in [4.69, 9.17) is 0 Å². The third-order valence-electron chi connectivity index (χ3n) is 4.88. The Hall–Kier alpha value is -0.570. The predicted octanol–water partition coefficient (Wildman–Crippen LogP) is 5.29. The van der Waals surface area contributed by atoms with E-state index in [2.05, 4.69) is 10.9 Å². The van der Waals surface area contributed by atoms with Gasteiger partial charge in [0.05, 0.1) is 0 Å². The first kappa shape index (κ1) is 48.3. The molecule has 0 saturated heterocycles. The smallest absolute Gasteiger partial charge is 0.243 e. The summed E-state index contributed by atoms with van der Waals surface area (Å²) in [4.78, 5) is 0. The summed E-state index contributed by atoms with van der Waals surface area (Å²) in [7, 11) is -4.42. The van der Waals surface area contributed by atoms with Gasteiger partial charge in [0.25, 0.3) is 10.0 Å². The van der Waals surface area contributed by atoms with Gasteiger partial charge >= 0.3 is 47.0 Å². The van der Waals surface area contributed by atoms with Gasteiger partial charge in [0.15, 0.2) is 0 Å². The zero-order valence-electron chi connectivity index (χ0n) is 20.6. The van der Waals surface area contributed by atoms with Crippen LogP contribution >= 0.6 is 37.2 Å². The predicted molar refractivity (Wildman–Crippen MR) is 116 cm³/mol. The molecule has 0 aliphatic carbocycles. The minimum Gasteiger partial charge on any atom is -0.243 e. The molecule has 1 unspecified atom stereocenters. The molecular weight excluding hydrogens is 732 g/mol. The van der Waals surface area contributed by atoms with Crippen LogP contribution in [-0.4, -0.2) is 92.9 Å². The minimum absolute atomic E-state index is 0. The first-order valence-electron chi connectivity index (χ1n) is 9.46. The summed E-state index contributed by atoms with van der Waals surface area (Å²) in [5, 5.41) is -6.51. The fourth-order valence-corrected chi connectivity index (χ4v) is 3.74. The molecule has 3 N–H and O–H groups in total. The quantitative estimate of drug-likeness (QED) is 0.127. The highest BCUT2D eigenvalue weighted by Crippen LogP contribution is 2.64. The molecular formula is C14H21Cl3F17N5O2S. The van der Waals surface area contributed by atoms with Crippen LogP contribution in [0, 0.1) is 0 Å². The molecule has 0 spiro atoms. The van der Waals surface area contributed by atoms with Crippen LogP contribution in [0.3, 0.4) is 0 Å². The van der Waals surface area contributed by atoms with Crippen LogP contribution in [0.15, 0.2) is 0 Å². The molecule has 28 heteroatoms.